The van der Waals surface area contributed by atoms with E-state index in [-0.39, 0.29) is 11.9 Å². The first kappa shape index (κ1) is 14.3. The summed E-state index contributed by atoms with van der Waals surface area (Å²) >= 11 is 0. The van der Waals surface area contributed by atoms with Crippen LogP contribution in [0.2, 0.25) is 0 Å². The molecule has 0 spiro atoms. The molecular formula is C16H20FNO3. The molecule has 0 aliphatic carbocycles. The van der Waals surface area contributed by atoms with Gasteiger partial charge in [-0.25, -0.2) is 4.39 Å². The molecule has 2 heterocycles. The predicted octanol–water partition coefficient (Wildman–Crippen LogP) is 2.32. The van der Waals surface area contributed by atoms with Gasteiger partial charge in [-0.1, -0.05) is 0 Å². The number of hydrogen-bond donors (Lipinski definition) is 1. The maximum Gasteiger partial charge on any atom is 0.310 e. The van der Waals surface area contributed by atoms with Gasteiger partial charge in [0.15, 0.2) is 0 Å². The fourth-order valence-corrected chi connectivity index (χ4v) is 3.35. The van der Waals surface area contributed by atoms with Crippen LogP contribution in [0, 0.1) is 11.2 Å². The number of ether oxygens (including phenoxy) is 1. The molecule has 5 heteroatoms. The number of likely N-dealkylation sites (tertiary alicyclic amines) is 1. The van der Waals surface area contributed by atoms with Gasteiger partial charge in [-0.3, -0.25) is 9.69 Å². The monoisotopic (exact) mass is 293 g/mol. The van der Waals surface area contributed by atoms with Gasteiger partial charge in [0.25, 0.3) is 0 Å². The second-order valence-corrected chi connectivity index (χ2v) is 6.40. The normalized spacial score (nSPS) is 29.0. The van der Waals surface area contributed by atoms with Gasteiger partial charge in [0, 0.05) is 25.1 Å². The zero-order valence-corrected chi connectivity index (χ0v) is 12.1. The van der Waals surface area contributed by atoms with Crippen molar-refractivity contribution in [1.82, 2.24) is 4.90 Å². The minimum absolute atomic E-state index is 0.0158. The van der Waals surface area contributed by atoms with Crippen molar-refractivity contribution >= 4 is 5.97 Å². The van der Waals surface area contributed by atoms with Crippen molar-refractivity contribution in [2.24, 2.45) is 5.41 Å². The number of aliphatic carboxylic acids is 1. The van der Waals surface area contributed by atoms with Crippen LogP contribution in [0.5, 0.6) is 5.75 Å². The smallest absolute Gasteiger partial charge is 0.310 e. The van der Waals surface area contributed by atoms with Crippen LogP contribution in [0.15, 0.2) is 18.2 Å². The van der Waals surface area contributed by atoms with Crippen LogP contribution in [-0.2, 0) is 11.2 Å². The van der Waals surface area contributed by atoms with Crippen LogP contribution in [0.4, 0.5) is 4.39 Å². The van der Waals surface area contributed by atoms with Crippen molar-refractivity contribution in [3.05, 3.63) is 29.6 Å². The molecule has 0 radical (unpaired) electrons. The van der Waals surface area contributed by atoms with Gasteiger partial charge in [0.05, 0.1) is 5.41 Å². The summed E-state index contributed by atoms with van der Waals surface area (Å²) in [6, 6.07) is 4.60. The topological polar surface area (TPSA) is 49.8 Å². The fraction of sp³-hybridized carbons (Fsp3) is 0.562. The number of rotatable bonds is 3. The molecule has 114 valence electrons. The first-order valence-corrected chi connectivity index (χ1v) is 7.37. The van der Waals surface area contributed by atoms with Crippen LogP contribution in [0.3, 0.4) is 0 Å². The van der Waals surface area contributed by atoms with E-state index in [9.17, 15) is 14.3 Å². The molecular weight excluding hydrogens is 273 g/mol. The van der Waals surface area contributed by atoms with Crippen molar-refractivity contribution in [2.45, 2.75) is 32.3 Å². The Balaban J connectivity index is 1.62. The highest BCUT2D eigenvalue weighted by atomic mass is 19.1. The van der Waals surface area contributed by atoms with Crippen molar-refractivity contribution in [1.29, 1.82) is 0 Å². The van der Waals surface area contributed by atoms with Gasteiger partial charge in [-0.15, -0.1) is 0 Å². The summed E-state index contributed by atoms with van der Waals surface area (Å²) in [5.74, 6) is -0.223. The standard InChI is InChI=1S/C16H20FNO3/c1-16(15(19)20)5-2-6-18(10-16)9-13-8-11-7-12(17)3-4-14(11)21-13/h3-4,7,13H,2,5-6,8-10H2,1H3,(H,19,20). The molecule has 1 aromatic carbocycles. The average Bonchev–Trinajstić information content (AvgIpc) is 2.80. The molecule has 2 aliphatic heterocycles. The summed E-state index contributed by atoms with van der Waals surface area (Å²) in [5.41, 5.74) is 0.230. The number of carboxylic acids is 1. The van der Waals surface area contributed by atoms with Crippen molar-refractivity contribution < 1.29 is 19.0 Å². The molecule has 4 nitrogen and oxygen atoms in total. The number of nitrogens with zero attached hydrogens (tertiary/aromatic N) is 1. The van der Waals surface area contributed by atoms with Gasteiger partial charge < -0.3 is 9.84 Å². The van der Waals surface area contributed by atoms with Crippen molar-refractivity contribution in [2.75, 3.05) is 19.6 Å². The van der Waals surface area contributed by atoms with E-state index in [0.29, 0.717) is 19.5 Å². The first-order chi connectivity index (χ1) is 9.96. The third-order valence-corrected chi connectivity index (χ3v) is 4.52. The molecule has 2 aliphatic rings. The Morgan fingerprint density at radius 1 is 1.57 bits per heavy atom. The Kier molecular flexibility index (Phi) is 3.61. The van der Waals surface area contributed by atoms with Gasteiger partial charge in [0.2, 0.25) is 0 Å². The zero-order chi connectivity index (χ0) is 15.0. The van der Waals surface area contributed by atoms with Crippen LogP contribution in [0.25, 0.3) is 0 Å². The largest absolute Gasteiger partial charge is 0.488 e. The minimum atomic E-state index is -0.732. The number of halogens is 1. The van der Waals surface area contributed by atoms with Crippen LogP contribution >= 0.6 is 0 Å². The van der Waals surface area contributed by atoms with Gasteiger partial charge >= 0.3 is 5.97 Å². The third-order valence-electron chi connectivity index (χ3n) is 4.52. The maximum atomic E-state index is 13.2. The van der Waals surface area contributed by atoms with E-state index in [4.69, 9.17) is 4.74 Å². The number of piperidine rings is 1. The molecule has 21 heavy (non-hydrogen) atoms. The molecule has 1 N–H and O–H groups in total. The molecule has 0 amide bonds. The highest BCUT2D eigenvalue weighted by molar-refractivity contribution is 5.74. The quantitative estimate of drug-likeness (QED) is 0.929. The van der Waals surface area contributed by atoms with Crippen LogP contribution in [0.1, 0.15) is 25.3 Å². The van der Waals surface area contributed by atoms with Gasteiger partial charge in [-0.05, 0) is 44.5 Å². The fourth-order valence-electron chi connectivity index (χ4n) is 3.35. The molecule has 0 aromatic heterocycles. The second-order valence-electron chi connectivity index (χ2n) is 6.40. The van der Waals surface area contributed by atoms with E-state index in [1.807, 2.05) is 0 Å². The summed E-state index contributed by atoms with van der Waals surface area (Å²) in [4.78, 5) is 13.5. The summed E-state index contributed by atoms with van der Waals surface area (Å²) < 4.78 is 19.0. The van der Waals surface area contributed by atoms with Crippen molar-refractivity contribution in [3.63, 3.8) is 0 Å². The van der Waals surface area contributed by atoms with Crippen LogP contribution in [-0.4, -0.2) is 41.7 Å². The molecule has 2 atom stereocenters. The van der Waals surface area contributed by atoms with E-state index < -0.39 is 11.4 Å². The molecule has 1 fully saturated rings. The average molecular weight is 293 g/mol. The Hall–Kier alpha value is -1.62. The Morgan fingerprint density at radius 2 is 2.38 bits per heavy atom. The van der Waals surface area contributed by atoms with E-state index in [1.54, 1.807) is 13.0 Å². The Morgan fingerprint density at radius 3 is 3.14 bits per heavy atom. The maximum absolute atomic E-state index is 13.2. The first-order valence-electron chi connectivity index (χ1n) is 7.37. The molecule has 0 bridgehead atoms. The van der Waals surface area contributed by atoms with Gasteiger partial charge in [-0.2, -0.15) is 0 Å². The Labute approximate surface area is 123 Å². The number of carboxylic acid groups (broad SMARTS) is 1. The summed E-state index contributed by atoms with van der Waals surface area (Å²) in [6.45, 7) is 3.95. The lowest BCUT2D eigenvalue weighted by molar-refractivity contribution is -0.151. The summed E-state index contributed by atoms with van der Waals surface area (Å²) in [7, 11) is 0. The summed E-state index contributed by atoms with van der Waals surface area (Å²) in [5, 5.41) is 9.35. The second kappa shape index (κ2) is 5.30. The van der Waals surface area contributed by atoms with Crippen LogP contribution < -0.4 is 4.74 Å². The van der Waals surface area contributed by atoms with E-state index in [0.717, 1.165) is 30.7 Å². The highest BCUT2D eigenvalue weighted by Crippen LogP contribution is 2.33. The number of fused-ring (bicyclic) bond motifs is 1. The SMILES string of the molecule is CC1(C(=O)O)CCCN(CC2Cc3cc(F)ccc3O2)C1. The highest BCUT2D eigenvalue weighted by Gasteiger charge is 2.39. The number of benzene rings is 1. The minimum Gasteiger partial charge on any atom is -0.488 e. The molecule has 3 rings (SSSR count). The van der Waals surface area contributed by atoms with E-state index in [1.165, 1.54) is 12.1 Å². The third kappa shape index (κ3) is 2.88. The molecule has 1 aromatic rings. The lowest BCUT2D eigenvalue weighted by atomic mass is 9.82. The van der Waals surface area contributed by atoms with E-state index >= 15 is 0 Å². The lowest BCUT2D eigenvalue weighted by Gasteiger charge is -2.38. The zero-order valence-electron chi connectivity index (χ0n) is 12.1. The molecule has 0 saturated carbocycles. The number of hydrogen-bond acceptors (Lipinski definition) is 3. The van der Waals surface area contributed by atoms with E-state index in [2.05, 4.69) is 4.90 Å². The number of carbonyl (C=O) groups is 1. The summed E-state index contributed by atoms with van der Waals surface area (Å²) in [6.07, 6.45) is 2.28. The Bertz CT molecular complexity index is 562. The lowest BCUT2D eigenvalue weighted by Crippen LogP contribution is -2.48. The molecule has 1 saturated heterocycles. The van der Waals surface area contributed by atoms with Gasteiger partial charge in [0.1, 0.15) is 17.7 Å². The predicted molar refractivity (Wildman–Crippen MR) is 75.9 cm³/mol. The van der Waals surface area contributed by atoms with Crippen molar-refractivity contribution in [3.8, 4) is 5.75 Å². The molecule has 2 unspecified atom stereocenters.